The van der Waals surface area contributed by atoms with Gasteiger partial charge in [0.25, 0.3) is 0 Å². The van der Waals surface area contributed by atoms with Gasteiger partial charge in [0.05, 0.1) is 0 Å². The Kier molecular flexibility index (Phi) is 2.10. The molecule has 0 amide bonds. The van der Waals surface area contributed by atoms with E-state index >= 15 is 0 Å². The highest BCUT2D eigenvalue weighted by Crippen LogP contribution is 2.51. The van der Waals surface area contributed by atoms with Crippen LogP contribution in [0.1, 0.15) is 31.6 Å². The molecule has 72 valence electrons. The van der Waals surface area contributed by atoms with Gasteiger partial charge in [-0.15, -0.1) is 11.3 Å². The summed E-state index contributed by atoms with van der Waals surface area (Å²) in [5.41, 5.74) is 6.42. The molecule has 0 aromatic carbocycles. The van der Waals surface area contributed by atoms with E-state index in [2.05, 4.69) is 41.2 Å². The van der Waals surface area contributed by atoms with Crippen molar-refractivity contribution in [2.24, 2.45) is 5.73 Å². The van der Waals surface area contributed by atoms with Gasteiger partial charge in [0, 0.05) is 20.3 Å². The summed E-state index contributed by atoms with van der Waals surface area (Å²) < 4.78 is 1.21. The second kappa shape index (κ2) is 2.81. The van der Waals surface area contributed by atoms with Crippen molar-refractivity contribution in [3.05, 3.63) is 20.8 Å². The van der Waals surface area contributed by atoms with Crippen molar-refractivity contribution in [1.29, 1.82) is 0 Å². The number of thiophene rings is 1. The van der Waals surface area contributed by atoms with Crippen LogP contribution in [0.5, 0.6) is 0 Å². The van der Waals surface area contributed by atoms with Crippen LogP contribution in [0, 0.1) is 0 Å². The van der Waals surface area contributed by atoms with Crippen LogP contribution in [-0.2, 0) is 5.41 Å². The minimum absolute atomic E-state index is 0.0420. The smallest absolute Gasteiger partial charge is 0.0320 e. The second-order valence-electron chi connectivity index (χ2n) is 4.38. The summed E-state index contributed by atoms with van der Waals surface area (Å²) in [7, 11) is 0. The van der Waals surface area contributed by atoms with Crippen LogP contribution >= 0.6 is 27.3 Å². The maximum Gasteiger partial charge on any atom is 0.0320 e. The molecule has 0 unspecified atom stereocenters. The van der Waals surface area contributed by atoms with Crippen LogP contribution in [-0.4, -0.2) is 5.54 Å². The van der Waals surface area contributed by atoms with Crippen molar-refractivity contribution in [3.63, 3.8) is 0 Å². The summed E-state index contributed by atoms with van der Waals surface area (Å²) in [6, 6.07) is 2.10. The van der Waals surface area contributed by atoms with Crippen molar-refractivity contribution in [2.75, 3.05) is 0 Å². The van der Waals surface area contributed by atoms with Crippen LogP contribution in [0.25, 0.3) is 0 Å². The number of nitrogens with two attached hydrogens (primary N) is 1. The Bertz CT molecular complexity index is 325. The first-order valence-corrected chi connectivity index (χ1v) is 6.17. The van der Waals surface area contributed by atoms with E-state index in [0.29, 0.717) is 0 Å². The molecule has 1 aromatic heterocycles. The molecule has 1 saturated carbocycles. The first-order chi connectivity index (χ1) is 5.97. The van der Waals surface area contributed by atoms with Gasteiger partial charge in [-0.1, -0.05) is 13.8 Å². The Morgan fingerprint density at radius 2 is 2.15 bits per heavy atom. The lowest BCUT2D eigenvalue weighted by molar-refractivity contribution is 0.397. The van der Waals surface area contributed by atoms with E-state index in [4.69, 9.17) is 5.73 Å². The molecule has 1 heterocycles. The molecule has 0 bridgehead atoms. The fourth-order valence-corrected chi connectivity index (χ4v) is 3.83. The Morgan fingerprint density at radius 3 is 2.54 bits per heavy atom. The van der Waals surface area contributed by atoms with Crippen molar-refractivity contribution < 1.29 is 0 Å². The van der Waals surface area contributed by atoms with Gasteiger partial charge in [0.2, 0.25) is 0 Å². The summed E-state index contributed by atoms with van der Waals surface area (Å²) in [6.07, 6.45) is 2.31. The van der Waals surface area contributed by atoms with E-state index in [-0.39, 0.29) is 11.0 Å². The van der Waals surface area contributed by atoms with Gasteiger partial charge >= 0.3 is 0 Å². The highest BCUT2D eigenvalue weighted by molar-refractivity contribution is 9.10. The Labute approximate surface area is 91.5 Å². The molecular weight excluding hydrogens is 246 g/mol. The van der Waals surface area contributed by atoms with Gasteiger partial charge in [-0.2, -0.15) is 0 Å². The maximum absolute atomic E-state index is 6.27. The molecule has 2 N–H and O–H groups in total. The van der Waals surface area contributed by atoms with Crippen molar-refractivity contribution in [1.82, 2.24) is 0 Å². The van der Waals surface area contributed by atoms with Crippen LogP contribution in [0.3, 0.4) is 0 Å². The molecule has 13 heavy (non-hydrogen) atoms. The zero-order chi connectivity index (χ0) is 9.69. The minimum atomic E-state index is 0.0420. The third-order valence-electron chi connectivity index (χ3n) is 3.22. The minimum Gasteiger partial charge on any atom is -0.324 e. The summed E-state index contributed by atoms with van der Waals surface area (Å²) in [5, 5.41) is 2.12. The maximum atomic E-state index is 6.27. The van der Waals surface area contributed by atoms with E-state index in [9.17, 15) is 0 Å². The van der Waals surface area contributed by atoms with Crippen LogP contribution in [0.4, 0.5) is 0 Å². The van der Waals surface area contributed by atoms with E-state index in [1.165, 1.54) is 9.35 Å². The molecule has 0 aliphatic heterocycles. The lowest BCUT2D eigenvalue weighted by Gasteiger charge is -2.31. The van der Waals surface area contributed by atoms with Gasteiger partial charge in [-0.3, -0.25) is 0 Å². The highest BCUT2D eigenvalue weighted by Gasteiger charge is 2.52. The zero-order valence-corrected chi connectivity index (χ0v) is 10.3. The summed E-state index contributed by atoms with van der Waals surface area (Å²) in [6.45, 7) is 4.49. The first kappa shape index (κ1) is 9.69. The zero-order valence-electron chi connectivity index (χ0n) is 7.93. The normalized spacial score (nSPS) is 20.3. The highest BCUT2D eigenvalue weighted by atomic mass is 79.9. The van der Waals surface area contributed by atoms with Gasteiger partial charge in [-0.25, -0.2) is 0 Å². The standard InChI is InChI=1S/C10H14BrNS/c1-9(2,10(12)4-5-10)8-7(11)3-6-13-8/h3,6H,4-5,12H2,1-2H3. The monoisotopic (exact) mass is 259 g/mol. The molecule has 1 aromatic rings. The lowest BCUT2D eigenvalue weighted by atomic mass is 9.81. The Morgan fingerprint density at radius 1 is 1.54 bits per heavy atom. The van der Waals surface area contributed by atoms with Gasteiger partial charge in [0.15, 0.2) is 0 Å². The molecule has 1 aliphatic carbocycles. The quantitative estimate of drug-likeness (QED) is 0.867. The third-order valence-corrected chi connectivity index (χ3v) is 5.38. The molecule has 1 aliphatic rings. The van der Waals surface area contributed by atoms with E-state index in [0.717, 1.165) is 12.8 Å². The molecule has 2 rings (SSSR count). The van der Waals surface area contributed by atoms with Crippen molar-refractivity contribution in [2.45, 2.75) is 37.6 Å². The summed E-state index contributed by atoms with van der Waals surface area (Å²) in [5.74, 6) is 0. The number of hydrogen-bond acceptors (Lipinski definition) is 2. The van der Waals surface area contributed by atoms with E-state index in [1.54, 1.807) is 11.3 Å². The van der Waals surface area contributed by atoms with E-state index in [1.807, 2.05) is 0 Å². The number of rotatable bonds is 2. The second-order valence-corrected chi connectivity index (χ2v) is 6.15. The van der Waals surface area contributed by atoms with Gasteiger partial charge in [-0.05, 0) is 40.2 Å². The largest absolute Gasteiger partial charge is 0.324 e. The number of hydrogen-bond donors (Lipinski definition) is 1. The SMILES string of the molecule is CC(C)(c1sccc1Br)C1(N)CC1. The van der Waals surface area contributed by atoms with Crippen molar-refractivity contribution in [3.8, 4) is 0 Å². The fourth-order valence-electron chi connectivity index (χ4n) is 1.73. The topological polar surface area (TPSA) is 26.0 Å². The molecule has 0 radical (unpaired) electrons. The predicted octanol–water partition coefficient (Wildman–Crippen LogP) is 3.28. The molecule has 1 fully saturated rings. The predicted molar refractivity (Wildman–Crippen MR) is 61.2 cm³/mol. The molecule has 3 heteroatoms. The first-order valence-electron chi connectivity index (χ1n) is 4.50. The summed E-state index contributed by atoms with van der Waals surface area (Å²) >= 11 is 5.37. The van der Waals surface area contributed by atoms with Gasteiger partial charge < -0.3 is 5.73 Å². The van der Waals surface area contributed by atoms with E-state index < -0.39 is 0 Å². The molecule has 0 saturated heterocycles. The van der Waals surface area contributed by atoms with Crippen LogP contribution < -0.4 is 5.73 Å². The van der Waals surface area contributed by atoms with Crippen molar-refractivity contribution >= 4 is 27.3 Å². The molecular formula is C10H14BrNS. The average molecular weight is 260 g/mol. The summed E-state index contributed by atoms with van der Waals surface area (Å²) in [4.78, 5) is 1.38. The lowest BCUT2D eigenvalue weighted by Crippen LogP contribution is -2.42. The average Bonchev–Trinajstić information content (AvgIpc) is 2.63. The fraction of sp³-hybridized carbons (Fsp3) is 0.600. The molecule has 0 spiro atoms. The Hall–Kier alpha value is 0.140. The third kappa shape index (κ3) is 1.37. The van der Waals surface area contributed by atoms with Gasteiger partial charge in [0.1, 0.15) is 0 Å². The molecule has 1 nitrogen and oxygen atoms in total. The molecule has 0 atom stereocenters. The van der Waals surface area contributed by atoms with Crippen LogP contribution in [0.2, 0.25) is 0 Å². The number of halogens is 1. The van der Waals surface area contributed by atoms with Crippen LogP contribution in [0.15, 0.2) is 15.9 Å². The Balaban J connectivity index is 2.40.